The van der Waals surface area contributed by atoms with Gasteiger partial charge in [-0.05, 0) is 48.9 Å². The Morgan fingerprint density at radius 2 is 1.61 bits per heavy atom. The Morgan fingerprint density at radius 1 is 0.935 bits per heavy atom. The van der Waals surface area contributed by atoms with Crippen molar-refractivity contribution in [1.29, 1.82) is 0 Å². The van der Waals surface area contributed by atoms with E-state index in [0.29, 0.717) is 6.61 Å². The molecule has 1 aromatic heterocycles. The molecule has 0 atom stereocenters. The van der Waals surface area contributed by atoms with Crippen molar-refractivity contribution in [2.75, 3.05) is 26.2 Å². The Bertz CT molecular complexity index is 1010. The summed E-state index contributed by atoms with van der Waals surface area (Å²) >= 11 is 1.52. The molecule has 4 nitrogen and oxygen atoms in total. The second kappa shape index (κ2) is 9.67. The minimum Gasteiger partial charge on any atom is -0.488 e. The number of amides is 1. The van der Waals surface area contributed by atoms with Gasteiger partial charge in [0.1, 0.15) is 12.4 Å². The van der Waals surface area contributed by atoms with Gasteiger partial charge in [-0.25, -0.2) is 0 Å². The Labute approximate surface area is 189 Å². The van der Waals surface area contributed by atoms with E-state index in [4.69, 9.17) is 4.74 Å². The van der Waals surface area contributed by atoms with Crippen LogP contribution in [0.5, 0.6) is 5.75 Å². The first-order valence-corrected chi connectivity index (χ1v) is 11.7. The molecular formula is C26H30N2O2S. The number of ether oxygens (including phenoxy) is 1. The second-order valence-corrected chi connectivity index (χ2v) is 9.30. The number of carbonyl (C=O) groups excluding carboxylic acids is 1. The molecule has 2 aromatic carbocycles. The van der Waals surface area contributed by atoms with Crippen LogP contribution in [-0.4, -0.2) is 41.9 Å². The van der Waals surface area contributed by atoms with Crippen molar-refractivity contribution in [2.24, 2.45) is 0 Å². The van der Waals surface area contributed by atoms with E-state index in [1.54, 1.807) is 0 Å². The maximum atomic E-state index is 13.0. The highest BCUT2D eigenvalue weighted by Crippen LogP contribution is 2.26. The number of aryl methyl sites for hydroxylation is 3. The fraction of sp³-hybridized carbons (Fsp3) is 0.346. The Kier molecular flexibility index (Phi) is 6.73. The van der Waals surface area contributed by atoms with Crippen LogP contribution in [0.3, 0.4) is 0 Å². The zero-order valence-corrected chi connectivity index (χ0v) is 19.4. The average molecular weight is 435 g/mol. The van der Waals surface area contributed by atoms with E-state index in [1.807, 2.05) is 22.4 Å². The molecule has 0 aliphatic carbocycles. The highest BCUT2D eigenvalue weighted by molar-refractivity contribution is 7.12. The van der Waals surface area contributed by atoms with Gasteiger partial charge in [0.15, 0.2) is 0 Å². The van der Waals surface area contributed by atoms with Gasteiger partial charge in [0, 0.05) is 38.3 Å². The molecule has 0 radical (unpaired) electrons. The first kappa shape index (κ1) is 21.6. The molecule has 2 heterocycles. The standard InChI is InChI=1S/C26H30N2O2S/c1-19-13-20(2)25(21(3)14-19)30-17-23-15-24(31-18-23)26(29)28-11-9-27(10-12-28)16-22-7-5-4-6-8-22/h4-8,13-15,18H,9-12,16-17H2,1-3H3. The predicted molar refractivity (Wildman–Crippen MR) is 127 cm³/mol. The second-order valence-electron chi connectivity index (χ2n) is 8.39. The normalized spacial score (nSPS) is 14.6. The molecule has 31 heavy (non-hydrogen) atoms. The lowest BCUT2D eigenvalue weighted by atomic mass is 10.1. The minimum atomic E-state index is 0.137. The molecule has 0 saturated carbocycles. The van der Waals surface area contributed by atoms with E-state index in [9.17, 15) is 4.79 Å². The van der Waals surface area contributed by atoms with Gasteiger partial charge in [-0.3, -0.25) is 9.69 Å². The van der Waals surface area contributed by atoms with Gasteiger partial charge in [-0.2, -0.15) is 0 Å². The van der Waals surface area contributed by atoms with Crippen molar-refractivity contribution in [1.82, 2.24) is 9.80 Å². The largest absolute Gasteiger partial charge is 0.488 e. The summed E-state index contributed by atoms with van der Waals surface area (Å²) in [5.41, 5.74) is 5.92. The fourth-order valence-electron chi connectivity index (χ4n) is 4.22. The number of carbonyl (C=O) groups is 1. The maximum Gasteiger partial charge on any atom is 0.264 e. The van der Waals surface area contributed by atoms with Crippen molar-refractivity contribution in [3.8, 4) is 5.75 Å². The summed E-state index contributed by atoms with van der Waals surface area (Å²) in [6, 6.07) is 16.8. The fourth-order valence-corrected chi connectivity index (χ4v) is 5.08. The molecule has 1 aliphatic rings. The summed E-state index contributed by atoms with van der Waals surface area (Å²) in [7, 11) is 0. The zero-order chi connectivity index (χ0) is 21.8. The van der Waals surface area contributed by atoms with Gasteiger partial charge in [-0.15, -0.1) is 11.3 Å². The molecular weight excluding hydrogens is 404 g/mol. The van der Waals surface area contributed by atoms with Gasteiger partial charge >= 0.3 is 0 Å². The molecule has 3 aromatic rings. The van der Waals surface area contributed by atoms with Crippen molar-refractivity contribution >= 4 is 17.2 Å². The van der Waals surface area contributed by atoms with Gasteiger partial charge < -0.3 is 9.64 Å². The number of hydrogen-bond donors (Lipinski definition) is 0. The van der Waals surface area contributed by atoms with Crippen molar-refractivity contribution < 1.29 is 9.53 Å². The van der Waals surface area contributed by atoms with Gasteiger partial charge in [-0.1, -0.05) is 48.0 Å². The van der Waals surface area contributed by atoms with E-state index >= 15 is 0 Å². The molecule has 4 rings (SSSR count). The number of nitrogens with zero attached hydrogens (tertiary/aromatic N) is 2. The third-order valence-electron chi connectivity index (χ3n) is 5.76. The third-order valence-corrected chi connectivity index (χ3v) is 6.73. The SMILES string of the molecule is Cc1cc(C)c(OCc2csc(C(=O)N3CCN(Cc4ccccc4)CC3)c2)c(C)c1. The number of hydrogen-bond acceptors (Lipinski definition) is 4. The topological polar surface area (TPSA) is 32.8 Å². The lowest BCUT2D eigenvalue weighted by Crippen LogP contribution is -2.48. The van der Waals surface area contributed by atoms with Crippen LogP contribution in [0.4, 0.5) is 0 Å². The van der Waals surface area contributed by atoms with E-state index in [2.05, 4.69) is 62.1 Å². The van der Waals surface area contributed by atoms with E-state index in [1.165, 1.54) is 22.5 Å². The van der Waals surface area contributed by atoms with Crippen LogP contribution in [0.1, 0.15) is 37.5 Å². The van der Waals surface area contributed by atoms with E-state index < -0.39 is 0 Å². The molecule has 1 saturated heterocycles. The smallest absolute Gasteiger partial charge is 0.264 e. The first-order valence-electron chi connectivity index (χ1n) is 10.8. The molecule has 1 amide bonds. The summed E-state index contributed by atoms with van der Waals surface area (Å²) in [5, 5.41) is 2.04. The Morgan fingerprint density at radius 3 is 2.29 bits per heavy atom. The summed E-state index contributed by atoms with van der Waals surface area (Å²) in [4.78, 5) is 18.2. The molecule has 0 N–H and O–H groups in total. The molecule has 1 fully saturated rings. The van der Waals surface area contributed by atoms with Crippen LogP contribution in [-0.2, 0) is 13.2 Å². The maximum absolute atomic E-state index is 13.0. The van der Waals surface area contributed by atoms with E-state index in [-0.39, 0.29) is 5.91 Å². The van der Waals surface area contributed by atoms with Gasteiger partial charge in [0.25, 0.3) is 5.91 Å². The van der Waals surface area contributed by atoms with Crippen LogP contribution in [0.25, 0.3) is 0 Å². The van der Waals surface area contributed by atoms with Crippen LogP contribution < -0.4 is 4.74 Å². The quantitative estimate of drug-likeness (QED) is 0.534. The first-order chi connectivity index (χ1) is 15.0. The number of thiophene rings is 1. The molecule has 0 unspecified atom stereocenters. The third kappa shape index (κ3) is 5.35. The Balaban J connectivity index is 1.31. The summed E-state index contributed by atoms with van der Waals surface area (Å²) in [6.45, 7) is 11.1. The molecule has 0 bridgehead atoms. The van der Waals surface area contributed by atoms with Crippen molar-refractivity contribution in [2.45, 2.75) is 33.9 Å². The molecule has 0 spiro atoms. The minimum absolute atomic E-state index is 0.137. The predicted octanol–water partition coefficient (Wildman–Crippen LogP) is 5.21. The molecule has 1 aliphatic heterocycles. The lowest BCUT2D eigenvalue weighted by Gasteiger charge is -2.34. The zero-order valence-electron chi connectivity index (χ0n) is 18.6. The summed E-state index contributed by atoms with van der Waals surface area (Å²) in [6.07, 6.45) is 0. The van der Waals surface area contributed by atoms with Crippen LogP contribution in [0, 0.1) is 20.8 Å². The van der Waals surface area contributed by atoms with E-state index in [0.717, 1.165) is 60.0 Å². The average Bonchev–Trinajstić information content (AvgIpc) is 3.23. The molecule has 162 valence electrons. The number of piperazine rings is 1. The van der Waals surface area contributed by atoms with Gasteiger partial charge in [0.2, 0.25) is 0 Å². The summed E-state index contributed by atoms with van der Waals surface area (Å²) in [5.74, 6) is 1.08. The lowest BCUT2D eigenvalue weighted by molar-refractivity contribution is 0.0633. The molecule has 5 heteroatoms. The van der Waals surface area contributed by atoms with Crippen molar-refractivity contribution in [3.05, 3.63) is 86.6 Å². The monoisotopic (exact) mass is 434 g/mol. The highest BCUT2D eigenvalue weighted by Gasteiger charge is 2.23. The number of rotatable bonds is 6. The Hall–Kier alpha value is -2.63. The van der Waals surface area contributed by atoms with Crippen LogP contribution in [0.2, 0.25) is 0 Å². The van der Waals surface area contributed by atoms with Crippen LogP contribution in [0.15, 0.2) is 53.9 Å². The van der Waals surface area contributed by atoms with Gasteiger partial charge in [0.05, 0.1) is 4.88 Å². The van der Waals surface area contributed by atoms with Crippen molar-refractivity contribution in [3.63, 3.8) is 0 Å². The highest BCUT2D eigenvalue weighted by atomic mass is 32.1. The van der Waals surface area contributed by atoms with Crippen LogP contribution >= 0.6 is 11.3 Å². The number of benzene rings is 2. The summed E-state index contributed by atoms with van der Waals surface area (Å²) < 4.78 is 6.09.